The fourth-order valence-corrected chi connectivity index (χ4v) is 2.83. The Morgan fingerprint density at radius 2 is 2.24 bits per heavy atom. The first-order valence-corrected chi connectivity index (χ1v) is 7.16. The second-order valence-corrected chi connectivity index (χ2v) is 5.31. The summed E-state index contributed by atoms with van der Waals surface area (Å²) in [6.07, 6.45) is 4.33. The van der Waals surface area contributed by atoms with Gasteiger partial charge >= 0.3 is 0 Å². The molecule has 1 fully saturated rings. The molecule has 0 amide bonds. The Bertz CT molecular complexity index is 350. The van der Waals surface area contributed by atoms with Gasteiger partial charge < -0.3 is 5.32 Å². The first-order valence-electron chi connectivity index (χ1n) is 6.37. The van der Waals surface area contributed by atoms with Crippen molar-refractivity contribution in [2.24, 2.45) is 0 Å². The zero-order valence-electron chi connectivity index (χ0n) is 10.3. The number of halogens is 1. The number of piperazine rings is 1. The normalized spacial score (nSPS) is 19.2. The van der Waals surface area contributed by atoms with Crippen molar-refractivity contribution >= 4 is 15.9 Å². The molecule has 1 aliphatic rings. The average molecular weight is 298 g/mol. The Balaban J connectivity index is 2.15. The third-order valence-corrected chi connectivity index (χ3v) is 3.72. The van der Waals surface area contributed by atoms with Crippen molar-refractivity contribution < 1.29 is 0 Å². The van der Waals surface area contributed by atoms with E-state index in [1.165, 1.54) is 18.4 Å². The number of aromatic nitrogens is 1. The third-order valence-electron chi connectivity index (χ3n) is 3.29. The minimum absolute atomic E-state index is 0.543. The molecule has 3 nitrogen and oxygen atoms in total. The van der Waals surface area contributed by atoms with Crippen molar-refractivity contribution in [2.75, 3.05) is 26.2 Å². The van der Waals surface area contributed by atoms with Gasteiger partial charge in [0.25, 0.3) is 0 Å². The van der Waals surface area contributed by atoms with E-state index in [9.17, 15) is 0 Å². The van der Waals surface area contributed by atoms with E-state index in [0.717, 1.165) is 30.8 Å². The summed E-state index contributed by atoms with van der Waals surface area (Å²) in [6.45, 7) is 6.75. The van der Waals surface area contributed by atoms with Gasteiger partial charge in [-0.15, -0.1) is 0 Å². The van der Waals surface area contributed by atoms with Gasteiger partial charge in [0.15, 0.2) is 0 Å². The van der Waals surface area contributed by atoms with Crippen LogP contribution in [0.4, 0.5) is 0 Å². The van der Waals surface area contributed by atoms with E-state index in [1.54, 1.807) is 0 Å². The third kappa shape index (κ3) is 3.50. The smallest absolute Gasteiger partial charge is 0.106 e. The predicted octanol–water partition coefficient (Wildman–Crippen LogP) is 2.59. The molecule has 0 spiro atoms. The van der Waals surface area contributed by atoms with E-state index < -0.39 is 0 Å². The van der Waals surface area contributed by atoms with Crippen molar-refractivity contribution in [1.82, 2.24) is 15.2 Å². The Hall–Kier alpha value is -0.450. The van der Waals surface area contributed by atoms with Crippen molar-refractivity contribution in [3.63, 3.8) is 0 Å². The van der Waals surface area contributed by atoms with Gasteiger partial charge in [-0.05, 0) is 40.0 Å². The molecule has 4 heteroatoms. The van der Waals surface area contributed by atoms with Crippen LogP contribution in [0.5, 0.6) is 0 Å². The summed E-state index contributed by atoms with van der Waals surface area (Å²) >= 11 is 3.46. The minimum atomic E-state index is 0.543. The quantitative estimate of drug-likeness (QED) is 0.866. The number of hydrogen-bond acceptors (Lipinski definition) is 3. The van der Waals surface area contributed by atoms with Gasteiger partial charge in [-0.3, -0.25) is 4.90 Å². The number of nitrogens with one attached hydrogen (secondary N) is 1. The Morgan fingerprint density at radius 1 is 1.47 bits per heavy atom. The van der Waals surface area contributed by atoms with Gasteiger partial charge in [0, 0.05) is 38.4 Å². The van der Waals surface area contributed by atoms with Crippen LogP contribution in [0, 0.1) is 0 Å². The summed E-state index contributed by atoms with van der Waals surface area (Å²) in [7, 11) is 0. The fourth-order valence-electron chi connectivity index (χ4n) is 2.45. The highest BCUT2D eigenvalue weighted by molar-refractivity contribution is 9.10. The van der Waals surface area contributed by atoms with Gasteiger partial charge in [-0.2, -0.15) is 0 Å². The van der Waals surface area contributed by atoms with Gasteiger partial charge in [0.05, 0.1) is 0 Å². The van der Waals surface area contributed by atoms with Crippen LogP contribution < -0.4 is 5.32 Å². The summed E-state index contributed by atoms with van der Waals surface area (Å²) in [5.74, 6) is 0. The monoisotopic (exact) mass is 297 g/mol. The highest BCUT2D eigenvalue weighted by Gasteiger charge is 2.21. The Morgan fingerprint density at radius 3 is 2.88 bits per heavy atom. The van der Waals surface area contributed by atoms with Crippen LogP contribution >= 0.6 is 15.9 Å². The lowest BCUT2D eigenvalue weighted by Crippen LogP contribution is -2.45. The molecule has 17 heavy (non-hydrogen) atoms. The standard InChI is InChI=1S/C13H20BrN3/c1-2-3-12(17-8-6-15-7-9-17)11-4-5-16-13(14)10-11/h4-5,10,12,15H,2-3,6-9H2,1H3/t12-/m1/s1. The van der Waals surface area contributed by atoms with E-state index in [0.29, 0.717) is 6.04 Å². The highest BCUT2D eigenvalue weighted by atomic mass is 79.9. The van der Waals surface area contributed by atoms with Crippen LogP contribution in [0.15, 0.2) is 22.9 Å². The van der Waals surface area contributed by atoms with Crippen molar-refractivity contribution in [3.05, 3.63) is 28.5 Å². The van der Waals surface area contributed by atoms with Crippen molar-refractivity contribution in [3.8, 4) is 0 Å². The van der Waals surface area contributed by atoms with E-state index >= 15 is 0 Å². The van der Waals surface area contributed by atoms with E-state index in [1.807, 2.05) is 6.20 Å². The lowest BCUT2D eigenvalue weighted by molar-refractivity contribution is 0.164. The van der Waals surface area contributed by atoms with Gasteiger partial charge in [0.1, 0.15) is 4.60 Å². The molecule has 2 heterocycles. The van der Waals surface area contributed by atoms with Crippen LogP contribution in [-0.2, 0) is 0 Å². The first-order chi connectivity index (χ1) is 8.31. The van der Waals surface area contributed by atoms with E-state index in [4.69, 9.17) is 0 Å². The van der Waals surface area contributed by atoms with E-state index in [2.05, 4.69) is 50.2 Å². The fraction of sp³-hybridized carbons (Fsp3) is 0.615. The predicted molar refractivity (Wildman–Crippen MR) is 74.0 cm³/mol. The lowest BCUT2D eigenvalue weighted by atomic mass is 10.0. The Labute approximate surface area is 112 Å². The topological polar surface area (TPSA) is 28.2 Å². The molecule has 0 saturated carbocycles. The summed E-state index contributed by atoms with van der Waals surface area (Å²) in [5.41, 5.74) is 1.38. The second kappa shape index (κ2) is 6.47. The molecule has 94 valence electrons. The van der Waals surface area contributed by atoms with Crippen LogP contribution in [0.1, 0.15) is 31.4 Å². The number of rotatable bonds is 4. The molecule has 1 N–H and O–H groups in total. The van der Waals surface area contributed by atoms with Crippen molar-refractivity contribution in [1.29, 1.82) is 0 Å². The molecule has 0 unspecified atom stereocenters. The van der Waals surface area contributed by atoms with Crippen LogP contribution in [0.2, 0.25) is 0 Å². The molecule has 2 rings (SSSR count). The van der Waals surface area contributed by atoms with Crippen molar-refractivity contribution in [2.45, 2.75) is 25.8 Å². The summed E-state index contributed by atoms with van der Waals surface area (Å²) in [5, 5.41) is 3.41. The molecule has 1 aliphatic heterocycles. The molecule has 1 aromatic rings. The molecule has 1 atom stereocenters. The van der Waals surface area contributed by atoms with Gasteiger partial charge in [0.2, 0.25) is 0 Å². The lowest BCUT2D eigenvalue weighted by Gasteiger charge is -2.35. The molecule has 1 saturated heterocycles. The number of nitrogens with zero attached hydrogens (tertiary/aromatic N) is 2. The van der Waals surface area contributed by atoms with Gasteiger partial charge in [-0.25, -0.2) is 4.98 Å². The van der Waals surface area contributed by atoms with E-state index in [-0.39, 0.29) is 0 Å². The summed E-state index contributed by atoms with van der Waals surface area (Å²) in [4.78, 5) is 6.80. The first kappa shape index (κ1) is 13.0. The summed E-state index contributed by atoms with van der Waals surface area (Å²) in [6, 6.07) is 4.84. The minimum Gasteiger partial charge on any atom is -0.314 e. The maximum absolute atomic E-state index is 4.21. The SMILES string of the molecule is CCC[C@H](c1ccnc(Br)c1)N1CCNCC1. The second-order valence-electron chi connectivity index (χ2n) is 4.50. The average Bonchev–Trinajstić information content (AvgIpc) is 2.37. The largest absolute Gasteiger partial charge is 0.314 e. The molecule has 0 bridgehead atoms. The molecular weight excluding hydrogens is 278 g/mol. The number of hydrogen-bond donors (Lipinski definition) is 1. The zero-order valence-corrected chi connectivity index (χ0v) is 11.9. The van der Waals surface area contributed by atoms with Crippen LogP contribution in [0.25, 0.3) is 0 Å². The maximum atomic E-state index is 4.21. The molecule has 0 radical (unpaired) electrons. The van der Waals surface area contributed by atoms with Gasteiger partial charge in [-0.1, -0.05) is 13.3 Å². The molecule has 0 aliphatic carbocycles. The molecule has 1 aromatic heterocycles. The highest BCUT2D eigenvalue weighted by Crippen LogP contribution is 2.27. The molecule has 0 aromatic carbocycles. The Kier molecular flexibility index (Phi) is 4.95. The number of pyridine rings is 1. The van der Waals surface area contributed by atoms with Crippen LogP contribution in [-0.4, -0.2) is 36.1 Å². The maximum Gasteiger partial charge on any atom is 0.106 e. The zero-order chi connectivity index (χ0) is 12.1. The van der Waals surface area contributed by atoms with Crippen LogP contribution in [0.3, 0.4) is 0 Å². The summed E-state index contributed by atoms with van der Waals surface area (Å²) < 4.78 is 0.936. The molecular formula is C13H20BrN3.